The van der Waals surface area contributed by atoms with Crippen LogP contribution in [0.2, 0.25) is 0 Å². The number of hydrogen-bond donors (Lipinski definition) is 0. The summed E-state index contributed by atoms with van der Waals surface area (Å²) >= 11 is 0. The number of rotatable bonds is 1. The van der Waals surface area contributed by atoms with Gasteiger partial charge in [-0.1, -0.05) is 42.7 Å². The van der Waals surface area contributed by atoms with Crippen LogP contribution in [-0.2, 0) is 0 Å². The van der Waals surface area contributed by atoms with Gasteiger partial charge in [0.25, 0.3) is 0 Å². The van der Waals surface area contributed by atoms with Crippen LogP contribution < -0.4 is 0 Å². The Hall–Kier alpha value is -1.74. The van der Waals surface area contributed by atoms with Crippen LogP contribution in [0.5, 0.6) is 0 Å². The van der Waals surface area contributed by atoms with Gasteiger partial charge in [0.15, 0.2) is 0 Å². The zero-order valence-electron chi connectivity index (χ0n) is 8.72. The van der Waals surface area contributed by atoms with Gasteiger partial charge < -0.3 is 0 Å². The normalized spacial score (nSPS) is 8.71. The standard InChI is InChI=1S/C14H14/c1-11(2)8-9-13-6-5-7-14(10-13)12(3)4/h5-7,10H,1,3H2,2,4H3. The van der Waals surface area contributed by atoms with Crippen LogP contribution in [-0.4, -0.2) is 0 Å². The summed E-state index contributed by atoms with van der Waals surface area (Å²) in [4.78, 5) is 0. The monoisotopic (exact) mass is 182 g/mol. The molecule has 0 aromatic heterocycles. The van der Waals surface area contributed by atoms with Gasteiger partial charge in [0.2, 0.25) is 0 Å². The van der Waals surface area contributed by atoms with Gasteiger partial charge in [-0.2, -0.15) is 0 Å². The van der Waals surface area contributed by atoms with E-state index in [1.165, 1.54) is 0 Å². The molecule has 0 fully saturated rings. The first-order valence-corrected chi connectivity index (χ1v) is 4.53. The molecular weight excluding hydrogens is 168 g/mol. The minimum Gasteiger partial charge on any atom is -0.0955 e. The summed E-state index contributed by atoms with van der Waals surface area (Å²) in [6, 6.07) is 8.06. The number of benzene rings is 1. The topological polar surface area (TPSA) is 0 Å². The van der Waals surface area contributed by atoms with E-state index in [1.807, 2.05) is 38.1 Å². The van der Waals surface area contributed by atoms with E-state index >= 15 is 0 Å². The smallest absolute Gasteiger partial charge is 0.0254 e. The predicted octanol–water partition coefficient (Wildman–Crippen LogP) is 3.65. The second kappa shape index (κ2) is 4.48. The highest BCUT2D eigenvalue weighted by Crippen LogP contribution is 2.12. The van der Waals surface area contributed by atoms with Gasteiger partial charge in [-0.15, -0.1) is 0 Å². The van der Waals surface area contributed by atoms with Crippen molar-refractivity contribution in [2.75, 3.05) is 0 Å². The van der Waals surface area contributed by atoms with Crippen molar-refractivity contribution >= 4 is 5.57 Å². The fourth-order valence-electron chi connectivity index (χ4n) is 1.04. The first kappa shape index (κ1) is 10.3. The van der Waals surface area contributed by atoms with Crippen LogP contribution in [0.25, 0.3) is 5.57 Å². The zero-order chi connectivity index (χ0) is 10.6. The van der Waals surface area contributed by atoms with Crippen LogP contribution in [0, 0.1) is 11.8 Å². The molecule has 0 spiro atoms. The molecule has 0 nitrogen and oxygen atoms in total. The Bertz CT molecular complexity index is 425. The molecule has 14 heavy (non-hydrogen) atoms. The lowest BCUT2D eigenvalue weighted by Crippen LogP contribution is -1.80. The number of allylic oxidation sites excluding steroid dienone is 2. The molecule has 1 rings (SSSR count). The SMILES string of the molecule is C=C(C)C#Cc1cccc(C(=C)C)c1. The number of hydrogen-bond acceptors (Lipinski definition) is 0. The summed E-state index contributed by atoms with van der Waals surface area (Å²) in [6.45, 7) is 11.5. The van der Waals surface area contributed by atoms with E-state index in [2.05, 4.69) is 25.0 Å². The molecule has 1 aromatic carbocycles. The van der Waals surface area contributed by atoms with Gasteiger partial charge in [-0.25, -0.2) is 0 Å². The third-order valence-corrected chi connectivity index (χ3v) is 1.78. The van der Waals surface area contributed by atoms with Crippen molar-refractivity contribution in [3.63, 3.8) is 0 Å². The minimum absolute atomic E-state index is 0.880. The summed E-state index contributed by atoms with van der Waals surface area (Å²) in [5.74, 6) is 6.00. The maximum Gasteiger partial charge on any atom is 0.0254 e. The van der Waals surface area contributed by atoms with Crippen LogP contribution in [0.3, 0.4) is 0 Å². The maximum absolute atomic E-state index is 3.90. The van der Waals surface area contributed by atoms with Gasteiger partial charge in [-0.3, -0.25) is 0 Å². The van der Waals surface area contributed by atoms with Crippen LogP contribution in [0.15, 0.2) is 43.0 Å². The lowest BCUT2D eigenvalue weighted by atomic mass is 10.1. The van der Waals surface area contributed by atoms with Crippen LogP contribution >= 0.6 is 0 Å². The Labute approximate surface area is 86.0 Å². The molecule has 0 bridgehead atoms. The maximum atomic E-state index is 3.90. The average molecular weight is 182 g/mol. The average Bonchev–Trinajstić information content (AvgIpc) is 2.15. The first-order valence-electron chi connectivity index (χ1n) is 4.53. The van der Waals surface area contributed by atoms with E-state index < -0.39 is 0 Å². The van der Waals surface area contributed by atoms with Gasteiger partial charge >= 0.3 is 0 Å². The summed E-state index contributed by atoms with van der Waals surface area (Å²) in [7, 11) is 0. The highest BCUT2D eigenvalue weighted by molar-refractivity contribution is 5.63. The molecule has 0 saturated heterocycles. The Morgan fingerprint density at radius 1 is 1.21 bits per heavy atom. The third-order valence-electron chi connectivity index (χ3n) is 1.78. The largest absolute Gasteiger partial charge is 0.0955 e. The molecule has 0 amide bonds. The van der Waals surface area contributed by atoms with E-state index in [4.69, 9.17) is 0 Å². The molecule has 0 saturated carbocycles. The summed E-state index contributed by atoms with van der Waals surface area (Å²) in [6.07, 6.45) is 0. The molecule has 0 unspecified atom stereocenters. The third kappa shape index (κ3) is 2.95. The van der Waals surface area contributed by atoms with E-state index in [0.29, 0.717) is 0 Å². The second-order valence-corrected chi connectivity index (χ2v) is 3.39. The second-order valence-electron chi connectivity index (χ2n) is 3.39. The quantitative estimate of drug-likeness (QED) is 0.581. The molecule has 0 heteroatoms. The van der Waals surface area contributed by atoms with Crippen LogP contribution in [0.4, 0.5) is 0 Å². The van der Waals surface area contributed by atoms with Crippen molar-refractivity contribution in [1.29, 1.82) is 0 Å². The highest BCUT2D eigenvalue weighted by atomic mass is 14.0. The van der Waals surface area contributed by atoms with E-state index in [9.17, 15) is 0 Å². The lowest BCUT2D eigenvalue weighted by Gasteiger charge is -1.98. The first-order chi connectivity index (χ1) is 6.59. The molecule has 0 atom stereocenters. The molecule has 0 aliphatic heterocycles. The predicted molar refractivity (Wildman–Crippen MR) is 62.8 cm³/mol. The molecule has 0 aliphatic carbocycles. The van der Waals surface area contributed by atoms with Crippen molar-refractivity contribution in [2.24, 2.45) is 0 Å². The highest BCUT2D eigenvalue weighted by Gasteiger charge is 1.93. The zero-order valence-corrected chi connectivity index (χ0v) is 8.72. The van der Waals surface area contributed by atoms with Gasteiger partial charge in [0, 0.05) is 5.56 Å². The fourth-order valence-corrected chi connectivity index (χ4v) is 1.04. The Balaban J connectivity index is 3.02. The van der Waals surface area contributed by atoms with Gasteiger partial charge in [0.1, 0.15) is 0 Å². The molecule has 0 aliphatic rings. The fraction of sp³-hybridized carbons (Fsp3) is 0.143. The summed E-state index contributed by atoms with van der Waals surface area (Å²) in [5.41, 5.74) is 4.08. The van der Waals surface area contributed by atoms with E-state index in [0.717, 1.165) is 22.3 Å². The molecule has 1 aromatic rings. The van der Waals surface area contributed by atoms with Gasteiger partial charge in [0.05, 0.1) is 0 Å². The summed E-state index contributed by atoms with van der Waals surface area (Å²) < 4.78 is 0. The van der Waals surface area contributed by atoms with Crippen LogP contribution in [0.1, 0.15) is 25.0 Å². The lowest BCUT2D eigenvalue weighted by molar-refractivity contribution is 1.54. The van der Waals surface area contributed by atoms with Gasteiger partial charge in [-0.05, 0) is 37.1 Å². The Morgan fingerprint density at radius 3 is 2.50 bits per heavy atom. The van der Waals surface area contributed by atoms with Crippen molar-refractivity contribution < 1.29 is 0 Å². The molecule has 70 valence electrons. The van der Waals surface area contributed by atoms with E-state index in [1.54, 1.807) is 0 Å². The van der Waals surface area contributed by atoms with Crippen molar-refractivity contribution in [3.05, 3.63) is 54.1 Å². The molecule has 0 heterocycles. The Kier molecular flexibility index (Phi) is 3.31. The van der Waals surface area contributed by atoms with E-state index in [-0.39, 0.29) is 0 Å². The minimum atomic E-state index is 0.880. The molecule has 0 N–H and O–H groups in total. The summed E-state index contributed by atoms with van der Waals surface area (Å²) in [5, 5.41) is 0. The van der Waals surface area contributed by atoms with Crippen molar-refractivity contribution in [3.8, 4) is 11.8 Å². The molecule has 0 radical (unpaired) electrons. The Morgan fingerprint density at radius 2 is 1.93 bits per heavy atom. The van der Waals surface area contributed by atoms with Crippen molar-refractivity contribution in [1.82, 2.24) is 0 Å². The van der Waals surface area contributed by atoms with Crippen molar-refractivity contribution in [2.45, 2.75) is 13.8 Å². The molecular formula is C14H14.